The highest BCUT2D eigenvalue weighted by atomic mass is 79.9. The van der Waals surface area contributed by atoms with Crippen LogP contribution in [0.2, 0.25) is 0 Å². The summed E-state index contributed by atoms with van der Waals surface area (Å²) in [4.78, 5) is 0. The molecule has 2 aromatic carbocycles. The number of hydrogen-bond donors (Lipinski definition) is 2. The fourth-order valence-corrected chi connectivity index (χ4v) is 2.15. The molecule has 3 N–H and O–H groups in total. The van der Waals surface area contributed by atoms with Gasteiger partial charge in [0.05, 0.1) is 13.2 Å². The number of halogens is 1. The van der Waals surface area contributed by atoms with Gasteiger partial charge in [-0.1, -0.05) is 40.2 Å². The molecule has 2 aromatic rings. The Labute approximate surface area is 127 Å². The molecule has 0 saturated heterocycles. The molecule has 0 saturated carbocycles. The number of nitrogens with one attached hydrogen (secondary N) is 1. The van der Waals surface area contributed by atoms with Gasteiger partial charge >= 0.3 is 0 Å². The molecule has 0 aliphatic heterocycles. The summed E-state index contributed by atoms with van der Waals surface area (Å²) in [5.74, 6) is 0.0930. The average Bonchev–Trinajstić information content (AvgIpc) is 2.42. The monoisotopic (exact) mass is 332 g/mol. The third-order valence-corrected chi connectivity index (χ3v) is 3.62. The van der Waals surface area contributed by atoms with E-state index in [9.17, 15) is 0 Å². The Morgan fingerprint density at radius 1 is 1.15 bits per heavy atom. The van der Waals surface area contributed by atoms with Crippen molar-refractivity contribution in [3.63, 3.8) is 0 Å². The molecule has 4 heteroatoms. The second kappa shape index (κ2) is 6.68. The van der Waals surface area contributed by atoms with E-state index in [1.165, 1.54) is 0 Å². The summed E-state index contributed by atoms with van der Waals surface area (Å²) in [5, 5.41) is 7.41. The van der Waals surface area contributed by atoms with Crippen LogP contribution in [-0.2, 0) is 18.0 Å². The van der Waals surface area contributed by atoms with E-state index in [-0.39, 0.29) is 5.84 Å². The maximum absolute atomic E-state index is 7.41. The van der Waals surface area contributed by atoms with Crippen molar-refractivity contribution in [2.24, 2.45) is 5.73 Å². The first-order valence-corrected chi connectivity index (χ1v) is 7.11. The summed E-state index contributed by atoms with van der Waals surface area (Å²) in [6.45, 7) is 3.14. The van der Waals surface area contributed by atoms with E-state index >= 15 is 0 Å². The Hall–Kier alpha value is -1.65. The molecule has 0 radical (unpaired) electrons. The quantitative estimate of drug-likeness (QED) is 0.647. The van der Waals surface area contributed by atoms with Gasteiger partial charge in [-0.15, -0.1) is 0 Å². The molecular weight excluding hydrogens is 316 g/mol. The maximum atomic E-state index is 7.41. The van der Waals surface area contributed by atoms with E-state index in [0.717, 1.165) is 26.7 Å². The van der Waals surface area contributed by atoms with Crippen molar-refractivity contribution in [2.75, 3.05) is 0 Å². The van der Waals surface area contributed by atoms with Crippen LogP contribution in [0.1, 0.15) is 22.3 Å². The average molecular weight is 333 g/mol. The van der Waals surface area contributed by atoms with E-state index < -0.39 is 0 Å². The molecule has 0 heterocycles. The van der Waals surface area contributed by atoms with E-state index in [1.54, 1.807) is 0 Å². The smallest absolute Gasteiger partial charge is 0.122 e. The number of hydrogen-bond acceptors (Lipinski definition) is 2. The number of nitrogen functional groups attached to an aromatic ring is 1. The van der Waals surface area contributed by atoms with Gasteiger partial charge in [-0.25, -0.2) is 0 Å². The number of ether oxygens (including phenoxy) is 1. The minimum atomic E-state index is 0.0930. The first-order chi connectivity index (χ1) is 9.56. The Morgan fingerprint density at radius 3 is 2.45 bits per heavy atom. The van der Waals surface area contributed by atoms with Crippen LogP contribution in [0.15, 0.2) is 46.9 Å². The Kier molecular flexibility index (Phi) is 4.93. The van der Waals surface area contributed by atoms with Crippen LogP contribution in [0.4, 0.5) is 0 Å². The number of nitrogens with two attached hydrogens (primary N) is 1. The van der Waals surface area contributed by atoms with E-state index in [4.69, 9.17) is 15.9 Å². The van der Waals surface area contributed by atoms with E-state index in [2.05, 4.69) is 15.9 Å². The van der Waals surface area contributed by atoms with Crippen molar-refractivity contribution in [1.82, 2.24) is 0 Å². The van der Waals surface area contributed by atoms with Crippen LogP contribution in [0.25, 0.3) is 0 Å². The summed E-state index contributed by atoms with van der Waals surface area (Å²) in [5.41, 5.74) is 9.57. The van der Waals surface area contributed by atoms with Gasteiger partial charge < -0.3 is 10.5 Å². The fourth-order valence-electron chi connectivity index (χ4n) is 1.88. The molecule has 3 nitrogen and oxygen atoms in total. The van der Waals surface area contributed by atoms with Gasteiger partial charge in [-0.3, -0.25) is 5.41 Å². The van der Waals surface area contributed by atoms with Gasteiger partial charge in [0.25, 0.3) is 0 Å². The third-order valence-electron chi connectivity index (χ3n) is 3.09. The molecule has 0 aromatic heterocycles. The number of rotatable bonds is 5. The summed E-state index contributed by atoms with van der Waals surface area (Å²) >= 11 is 3.41. The molecule has 104 valence electrons. The summed E-state index contributed by atoms with van der Waals surface area (Å²) in [7, 11) is 0. The zero-order chi connectivity index (χ0) is 14.5. The Morgan fingerprint density at radius 2 is 1.85 bits per heavy atom. The first-order valence-electron chi connectivity index (χ1n) is 6.32. The molecule has 0 aliphatic carbocycles. The van der Waals surface area contributed by atoms with Crippen LogP contribution in [0.5, 0.6) is 0 Å². The third kappa shape index (κ3) is 3.92. The second-order valence-electron chi connectivity index (χ2n) is 4.67. The highest BCUT2D eigenvalue weighted by molar-refractivity contribution is 9.10. The zero-order valence-electron chi connectivity index (χ0n) is 11.3. The van der Waals surface area contributed by atoms with Gasteiger partial charge in [0.15, 0.2) is 0 Å². The van der Waals surface area contributed by atoms with Crippen molar-refractivity contribution in [2.45, 2.75) is 20.1 Å². The van der Waals surface area contributed by atoms with Crippen LogP contribution < -0.4 is 5.73 Å². The minimum absolute atomic E-state index is 0.0930. The molecule has 0 bridgehead atoms. The maximum Gasteiger partial charge on any atom is 0.122 e. The first kappa shape index (κ1) is 14.8. The van der Waals surface area contributed by atoms with Crippen molar-refractivity contribution in [3.05, 3.63) is 69.2 Å². The molecule has 2 rings (SSSR count). The molecule has 0 unspecified atom stereocenters. The number of benzene rings is 2. The summed E-state index contributed by atoms with van der Waals surface area (Å²) < 4.78 is 6.79. The zero-order valence-corrected chi connectivity index (χ0v) is 12.9. The fraction of sp³-hybridized carbons (Fsp3) is 0.188. The normalized spacial score (nSPS) is 10.5. The lowest BCUT2D eigenvalue weighted by molar-refractivity contribution is 0.107. The van der Waals surface area contributed by atoms with Gasteiger partial charge in [-0.05, 0) is 41.8 Å². The lowest BCUT2D eigenvalue weighted by Crippen LogP contribution is -2.11. The van der Waals surface area contributed by atoms with Gasteiger partial charge in [0, 0.05) is 10.0 Å². The highest BCUT2D eigenvalue weighted by Gasteiger charge is 2.03. The summed E-state index contributed by atoms with van der Waals surface area (Å²) in [6, 6.07) is 13.8. The predicted octanol–water partition coefficient (Wildman–Crippen LogP) is 3.76. The molecule has 0 spiro atoms. The number of amidine groups is 1. The molecule has 0 fully saturated rings. The van der Waals surface area contributed by atoms with Crippen molar-refractivity contribution in [3.8, 4) is 0 Å². The topological polar surface area (TPSA) is 59.1 Å². The molecular formula is C16H17BrN2O. The van der Waals surface area contributed by atoms with Crippen LogP contribution >= 0.6 is 15.9 Å². The Bertz CT molecular complexity index is 608. The molecule has 20 heavy (non-hydrogen) atoms. The lowest BCUT2D eigenvalue weighted by atomic mass is 10.1. The SMILES string of the molecule is Cc1cc(C(=N)N)ccc1COCc1ccc(Br)cc1. The van der Waals surface area contributed by atoms with Gasteiger partial charge in [-0.2, -0.15) is 0 Å². The van der Waals surface area contributed by atoms with Crippen molar-refractivity contribution >= 4 is 21.8 Å². The van der Waals surface area contributed by atoms with Crippen LogP contribution in [-0.4, -0.2) is 5.84 Å². The van der Waals surface area contributed by atoms with E-state index in [0.29, 0.717) is 13.2 Å². The second-order valence-corrected chi connectivity index (χ2v) is 5.59. The van der Waals surface area contributed by atoms with E-state index in [1.807, 2.05) is 49.4 Å². The Balaban J connectivity index is 1.94. The van der Waals surface area contributed by atoms with Crippen LogP contribution in [0, 0.1) is 12.3 Å². The molecule has 0 aliphatic rings. The molecule has 0 atom stereocenters. The molecule has 0 amide bonds. The van der Waals surface area contributed by atoms with Crippen molar-refractivity contribution in [1.29, 1.82) is 5.41 Å². The predicted molar refractivity (Wildman–Crippen MR) is 84.8 cm³/mol. The summed E-state index contributed by atoms with van der Waals surface area (Å²) in [6.07, 6.45) is 0. The number of aryl methyl sites for hydroxylation is 1. The van der Waals surface area contributed by atoms with Crippen molar-refractivity contribution < 1.29 is 4.74 Å². The standard InChI is InChI=1S/C16H17BrN2O/c1-11-8-13(16(18)19)4-5-14(11)10-20-9-12-2-6-15(17)7-3-12/h2-8H,9-10H2,1H3,(H3,18,19). The largest absolute Gasteiger partial charge is 0.384 e. The van der Waals surface area contributed by atoms with Crippen LogP contribution in [0.3, 0.4) is 0 Å². The van der Waals surface area contributed by atoms with Gasteiger partial charge in [0.2, 0.25) is 0 Å². The minimum Gasteiger partial charge on any atom is -0.384 e. The highest BCUT2D eigenvalue weighted by Crippen LogP contribution is 2.14. The lowest BCUT2D eigenvalue weighted by Gasteiger charge is -2.09. The van der Waals surface area contributed by atoms with Gasteiger partial charge in [0.1, 0.15) is 5.84 Å².